The zero-order valence-corrected chi connectivity index (χ0v) is 14.9. The molecule has 23 heavy (non-hydrogen) atoms. The number of nitrogens with one attached hydrogen (secondary N) is 2. The fourth-order valence-electron chi connectivity index (χ4n) is 2.00. The summed E-state index contributed by atoms with van der Waals surface area (Å²) in [6.07, 6.45) is 1.19. The summed E-state index contributed by atoms with van der Waals surface area (Å²) in [4.78, 5) is 24.2. The maximum absolute atomic E-state index is 12.4. The minimum Gasteiger partial charge on any atom is -0.324 e. The number of anilines is 2. The van der Waals surface area contributed by atoms with Gasteiger partial charge in [-0.2, -0.15) is 0 Å². The van der Waals surface area contributed by atoms with Crippen LogP contribution in [0.3, 0.4) is 0 Å². The molecule has 0 heterocycles. The van der Waals surface area contributed by atoms with Crippen LogP contribution in [-0.2, 0) is 4.79 Å². The molecule has 0 saturated heterocycles. The normalized spacial score (nSPS) is 10.2. The van der Waals surface area contributed by atoms with Gasteiger partial charge in [0, 0.05) is 10.9 Å². The zero-order valence-electron chi connectivity index (χ0n) is 12.5. The molecule has 0 aromatic heterocycles. The first kappa shape index (κ1) is 17.5. The van der Waals surface area contributed by atoms with Crippen molar-refractivity contribution in [3.05, 3.63) is 57.5 Å². The number of hydrogen-bond donors (Lipinski definition) is 2. The van der Waals surface area contributed by atoms with E-state index in [0.717, 1.165) is 10.9 Å². The van der Waals surface area contributed by atoms with Crippen LogP contribution in [0.1, 0.15) is 30.1 Å². The summed E-state index contributed by atoms with van der Waals surface area (Å²) >= 11 is 9.39. The Bertz CT molecular complexity index is 734. The monoisotopic (exact) mass is 394 g/mol. The Balaban J connectivity index is 2.21. The van der Waals surface area contributed by atoms with E-state index in [4.69, 9.17) is 11.6 Å². The van der Waals surface area contributed by atoms with E-state index in [1.54, 1.807) is 42.5 Å². The highest BCUT2D eigenvalue weighted by Gasteiger charge is 2.13. The smallest absolute Gasteiger partial charge is 0.257 e. The van der Waals surface area contributed by atoms with Crippen LogP contribution < -0.4 is 10.6 Å². The maximum Gasteiger partial charge on any atom is 0.257 e. The Morgan fingerprint density at radius 1 is 1.09 bits per heavy atom. The van der Waals surface area contributed by atoms with Gasteiger partial charge in [-0.15, -0.1) is 0 Å². The molecule has 0 unspecified atom stereocenters. The van der Waals surface area contributed by atoms with E-state index < -0.39 is 0 Å². The van der Waals surface area contributed by atoms with Crippen molar-refractivity contribution in [3.8, 4) is 0 Å². The Labute approximate surface area is 148 Å². The van der Waals surface area contributed by atoms with Gasteiger partial charge in [-0.05, 0) is 36.8 Å². The van der Waals surface area contributed by atoms with Crippen molar-refractivity contribution in [1.29, 1.82) is 0 Å². The van der Waals surface area contributed by atoms with Crippen LogP contribution in [0.2, 0.25) is 5.02 Å². The van der Waals surface area contributed by atoms with Crippen molar-refractivity contribution in [2.75, 3.05) is 10.6 Å². The molecular weight excluding hydrogens is 380 g/mol. The molecule has 0 spiro atoms. The number of halogens is 2. The summed E-state index contributed by atoms with van der Waals surface area (Å²) in [6, 6.07) is 12.1. The molecular formula is C17H16BrClN2O2. The van der Waals surface area contributed by atoms with Crippen LogP contribution in [-0.4, -0.2) is 11.8 Å². The van der Waals surface area contributed by atoms with Crippen molar-refractivity contribution in [3.63, 3.8) is 0 Å². The zero-order chi connectivity index (χ0) is 16.8. The number of benzene rings is 2. The fraction of sp³-hybridized carbons (Fsp3) is 0.176. The summed E-state index contributed by atoms with van der Waals surface area (Å²) in [7, 11) is 0. The van der Waals surface area contributed by atoms with Crippen LogP contribution >= 0.6 is 27.5 Å². The lowest BCUT2D eigenvalue weighted by molar-refractivity contribution is -0.116. The molecule has 0 saturated carbocycles. The van der Waals surface area contributed by atoms with Crippen LogP contribution in [0, 0.1) is 0 Å². The molecule has 2 aromatic carbocycles. The third kappa shape index (κ3) is 4.81. The predicted octanol–water partition coefficient (Wildman–Crippen LogP) is 5.09. The number of carbonyl (C=O) groups is 2. The lowest BCUT2D eigenvalue weighted by Gasteiger charge is -2.13. The summed E-state index contributed by atoms with van der Waals surface area (Å²) in [6.45, 7) is 1.93. The number of rotatable bonds is 5. The number of para-hydroxylation sites is 2. The van der Waals surface area contributed by atoms with Crippen LogP contribution in [0.5, 0.6) is 0 Å². The van der Waals surface area contributed by atoms with E-state index in [-0.39, 0.29) is 11.8 Å². The van der Waals surface area contributed by atoms with Gasteiger partial charge < -0.3 is 10.6 Å². The molecule has 2 N–H and O–H groups in total. The van der Waals surface area contributed by atoms with E-state index in [1.807, 2.05) is 6.92 Å². The van der Waals surface area contributed by atoms with Crippen molar-refractivity contribution in [2.24, 2.45) is 0 Å². The Kier molecular flexibility index (Phi) is 6.19. The molecule has 0 bridgehead atoms. The van der Waals surface area contributed by atoms with Gasteiger partial charge in [0.2, 0.25) is 5.91 Å². The topological polar surface area (TPSA) is 58.2 Å². The SMILES string of the molecule is CCCC(=O)Nc1ccccc1NC(=O)c1cc(Br)ccc1Cl. The lowest BCUT2D eigenvalue weighted by Crippen LogP contribution is -2.16. The molecule has 0 aliphatic heterocycles. The van der Waals surface area contributed by atoms with Gasteiger partial charge in [-0.3, -0.25) is 9.59 Å². The molecule has 0 aliphatic carbocycles. The quantitative estimate of drug-likeness (QED) is 0.740. The van der Waals surface area contributed by atoms with Crippen molar-refractivity contribution < 1.29 is 9.59 Å². The fourth-order valence-corrected chi connectivity index (χ4v) is 2.57. The first-order chi connectivity index (χ1) is 11.0. The van der Waals surface area contributed by atoms with Gasteiger partial charge in [-0.25, -0.2) is 0 Å². The second-order valence-corrected chi connectivity index (χ2v) is 6.24. The first-order valence-corrected chi connectivity index (χ1v) is 8.33. The highest BCUT2D eigenvalue weighted by molar-refractivity contribution is 9.10. The van der Waals surface area contributed by atoms with Gasteiger partial charge in [0.15, 0.2) is 0 Å². The minimum absolute atomic E-state index is 0.0883. The molecule has 2 aromatic rings. The molecule has 0 radical (unpaired) electrons. The molecule has 0 fully saturated rings. The average Bonchev–Trinajstić information content (AvgIpc) is 2.51. The highest BCUT2D eigenvalue weighted by atomic mass is 79.9. The molecule has 2 rings (SSSR count). The van der Waals surface area contributed by atoms with Gasteiger partial charge in [0.25, 0.3) is 5.91 Å². The minimum atomic E-state index is -0.339. The molecule has 0 atom stereocenters. The molecule has 6 heteroatoms. The van der Waals surface area contributed by atoms with Gasteiger partial charge >= 0.3 is 0 Å². The summed E-state index contributed by atoms with van der Waals surface area (Å²) in [5.74, 6) is -0.428. The number of carbonyl (C=O) groups excluding carboxylic acids is 2. The first-order valence-electron chi connectivity index (χ1n) is 7.16. The highest BCUT2D eigenvalue weighted by Crippen LogP contribution is 2.25. The average molecular weight is 396 g/mol. The molecule has 120 valence electrons. The Morgan fingerprint density at radius 3 is 2.39 bits per heavy atom. The third-order valence-electron chi connectivity index (χ3n) is 3.10. The van der Waals surface area contributed by atoms with E-state index in [1.165, 1.54) is 0 Å². The standard InChI is InChI=1S/C17H16BrClN2O2/c1-2-5-16(22)20-14-6-3-4-7-15(14)21-17(23)12-10-11(18)8-9-13(12)19/h3-4,6-10H,2,5H2,1H3,(H,20,22)(H,21,23). The largest absolute Gasteiger partial charge is 0.324 e. The predicted molar refractivity (Wildman–Crippen MR) is 97.1 cm³/mol. The van der Waals surface area contributed by atoms with Crippen LogP contribution in [0.25, 0.3) is 0 Å². The van der Waals surface area contributed by atoms with Gasteiger partial charge in [-0.1, -0.05) is 46.6 Å². The summed E-state index contributed by atoms with van der Waals surface area (Å²) < 4.78 is 0.761. The van der Waals surface area contributed by atoms with E-state index >= 15 is 0 Å². The van der Waals surface area contributed by atoms with Gasteiger partial charge in [0.1, 0.15) is 0 Å². The molecule has 2 amide bonds. The molecule has 4 nitrogen and oxygen atoms in total. The summed E-state index contributed by atoms with van der Waals surface area (Å²) in [5, 5.41) is 5.94. The van der Waals surface area contributed by atoms with E-state index in [0.29, 0.717) is 28.4 Å². The van der Waals surface area contributed by atoms with Crippen molar-refractivity contribution >= 4 is 50.7 Å². The lowest BCUT2D eigenvalue weighted by atomic mass is 10.2. The molecule has 0 aliphatic rings. The van der Waals surface area contributed by atoms with Gasteiger partial charge in [0.05, 0.1) is 22.0 Å². The number of hydrogen-bond acceptors (Lipinski definition) is 2. The van der Waals surface area contributed by atoms with E-state index in [9.17, 15) is 9.59 Å². The van der Waals surface area contributed by atoms with E-state index in [2.05, 4.69) is 26.6 Å². The second kappa shape index (κ2) is 8.13. The second-order valence-electron chi connectivity index (χ2n) is 4.92. The Hall–Kier alpha value is -1.85. The van der Waals surface area contributed by atoms with Crippen LogP contribution in [0.15, 0.2) is 46.9 Å². The van der Waals surface area contributed by atoms with Crippen molar-refractivity contribution in [1.82, 2.24) is 0 Å². The maximum atomic E-state index is 12.4. The third-order valence-corrected chi connectivity index (χ3v) is 3.92. The summed E-state index contributed by atoms with van der Waals surface area (Å²) in [5.41, 5.74) is 1.44. The Morgan fingerprint density at radius 2 is 1.74 bits per heavy atom. The number of amides is 2. The van der Waals surface area contributed by atoms with Crippen LogP contribution in [0.4, 0.5) is 11.4 Å². The van der Waals surface area contributed by atoms with Crippen molar-refractivity contribution in [2.45, 2.75) is 19.8 Å².